The normalized spacial score (nSPS) is 15.1. The molecule has 1 aliphatic heterocycles. The molecule has 0 aliphatic carbocycles. The number of fused-ring (bicyclic) bond motifs is 1. The van der Waals surface area contributed by atoms with Crippen molar-refractivity contribution in [2.24, 2.45) is 5.92 Å². The Morgan fingerprint density at radius 1 is 1.10 bits per heavy atom. The van der Waals surface area contributed by atoms with Crippen LogP contribution in [0.15, 0.2) is 48.5 Å². The van der Waals surface area contributed by atoms with Crippen LogP contribution in [0.2, 0.25) is 0 Å². The largest absolute Gasteiger partial charge is 0.493 e. The third-order valence-corrected chi connectivity index (χ3v) is 7.15. The Bertz CT molecular complexity index is 929. The minimum atomic E-state index is 0.752. The van der Waals surface area contributed by atoms with Gasteiger partial charge in [-0.05, 0) is 100 Å². The summed E-state index contributed by atoms with van der Waals surface area (Å²) in [5.41, 5.74) is 2.54. The lowest BCUT2D eigenvalue weighted by Gasteiger charge is -2.23. The zero-order valence-electron chi connectivity index (χ0n) is 18.8. The van der Waals surface area contributed by atoms with Crippen molar-refractivity contribution in [1.82, 2.24) is 15.5 Å². The summed E-state index contributed by atoms with van der Waals surface area (Å²) in [6.45, 7) is 6.02. The van der Waals surface area contributed by atoms with E-state index in [-0.39, 0.29) is 0 Å². The van der Waals surface area contributed by atoms with E-state index in [1.807, 2.05) is 11.3 Å². The SMILES string of the molecule is CN(C)CCCOc1ccc(-c2cc3ccccc3s2)cc1CNCC1CCNCC1. The highest BCUT2D eigenvalue weighted by Gasteiger charge is 2.14. The second kappa shape index (κ2) is 11.1. The maximum absolute atomic E-state index is 6.21. The Morgan fingerprint density at radius 2 is 1.94 bits per heavy atom. The van der Waals surface area contributed by atoms with E-state index in [4.69, 9.17) is 4.74 Å². The molecule has 1 fully saturated rings. The summed E-state index contributed by atoms with van der Waals surface area (Å²) in [6, 6.07) is 17.6. The molecule has 3 aromatic rings. The Kier molecular flexibility index (Phi) is 7.97. The van der Waals surface area contributed by atoms with Gasteiger partial charge in [0, 0.05) is 28.2 Å². The first-order chi connectivity index (χ1) is 15.2. The molecule has 0 unspecified atom stereocenters. The topological polar surface area (TPSA) is 36.5 Å². The smallest absolute Gasteiger partial charge is 0.123 e. The van der Waals surface area contributed by atoms with Gasteiger partial charge in [0.1, 0.15) is 5.75 Å². The number of piperidine rings is 1. The average Bonchev–Trinajstić information content (AvgIpc) is 3.22. The summed E-state index contributed by atoms with van der Waals surface area (Å²) in [6.07, 6.45) is 3.57. The fourth-order valence-corrected chi connectivity index (χ4v) is 5.25. The van der Waals surface area contributed by atoms with Crippen molar-refractivity contribution in [3.05, 3.63) is 54.1 Å². The highest BCUT2D eigenvalue weighted by molar-refractivity contribution is 7.22. The highest BCUT2D eigenvalue weighted by atomic mass is 32.1. The van der Waals surface area contributed by atoms with Crippen LogP contribution < -0.4 is 15.4 Å². The number of hydrogen-bond donors (Lipinski definition) is 2. The zero-order valence-corrected chi connectivity index (χ0v) is 19.6. The van der Waals surface area contributed by atoms with Gasteiger partial charge in [0.05, 0.1) is 6.61 Å². The third kappa shape index (κ3) is 6.30. The molecule has 0 saturated carbocycles. The summed E-state index contributed by atoms with van der Waals surface area (Å²) in [4.78, 5) is 3.52. The lowest BCUT2D eigenvalue weighted by molar-refractivity contribution is 0.278. The summed E-state index contributed by atoms with van der Waals surface area (Å²) < 4.78 is 7.55. The van der Waals surface area contributed by atoms with Crippen LogP contribution in [0.1, 0.15) is 24.8 Å². The summed E-state index contributed by atoms with van der Waals surface area (Å²) >= 11 is 1.86. The molecule has 0 bridgehead atoms. The van der Waals surface area contributed by atoms with Crippen molar-refractivity contribution in [3.63, 3.8) is 0 Å². The van der Waals surface area contributed by atoms with E-state index in [1.54, 1.807) is 0 Å². The molecule has 0 spiro atoms. The summed E-state index contributed by atoms with van der Waals surface area (Å²) in [7, 11) is 4.21. The number of thiophene rings is 1. The van der Waals surface area contributed by atoms with Crippen molar-refractivity contribution < 1.29 is 4.74 Å². The molecule has 0 atom stereocenters. The second-order valence-electron chi connectivity index (χ2n) is 8.80. The van der Waals surface area contributed by atoms with E-state index in [2.05, 4.69) is 78.2 Å². The molecular formula is C26H35N3OS. The van der Waals surface area contributed by atoms with Crippen LogP contribution in [0, 0.1) is 5.92 Å². The van der Waals surface area contributed by atoms with Crippen molar-refractivity contribution in [3.8, 4) is 16.2 Å². The van der Waals surface area contributed by atoms with E-state index >= 15 is 0 Å². The monoisotopic (exact) mass is 437 g/mol. The Balaban J connectivity index is 1.48. The van der Waals surface area contributed by atoms with Crippen LogP contribution in [0.4, 0.5) is 0 Å². The molecule has 1 aliphatic rings. The van der Waals surface area contributed by atoms with Gasteiger partial charge in [-0.1, -0.05) is 18.2 Å². The Labute approximate surface area is 190 Å². The molecule has 4 rings (SSSR count). The molecule has 4 nitrogen and oxygen atoms in total. The molecule has 1 saturated heterocycles. The number of nitrogens with one attached hydrogen (secondary N) is 2. The van der Waals surface area contributed by atoms with Crippen molar-refractivity contribution in [1.29, 1.82) is 0 Å². The van der Waals surface area contributed by atoms with E-state index in [0.717, 1.165) is 57.4 Å². The van der Waals surface area contributed by atoms with E-state index < -0.39 is 0 Å². The van der Waals surface area contributed by atoms with Crippen molar-refractivity contribution in [2.45, 2.75) is 25.8 Å². The summed E-state index contributed by atoms with van der Waals surface area (Å²) in [5, 5.41) is 8.48. The van der Waals surface area contributed by atoms with Crippen LogP contribution in [-0.4, -0.2) is 51.8 Å². The maximum Gasteiger partial charge on any atom is 0.123 e. The third-order valence-electron chi connectivity index (χ3n) is 5.98. The molecule has 31 heavy (non-hydrogen) atoms. The van der Waals surface area contributed by atoms with Gasteiger partial charge in [-0.25, -0.2) is 0 Å². The number of benzene rings is 2. The molecule has 0 radical (unpaired) electrons. The number of hydrogen-bond acceptors (Lipinski definition) is 5. The van der Waals surface area contributed by atoms with Crippen LogP contribution >= 0.6 is 11.3 Å². The summed E-state index contributed by atoms with van der Waals surface area (Å²) in [5.74, 6) is 1.79. The lowest BCUT2D eigenvalue weighted by Crippen LogP contribution is -2.33. The van der Waals surface area contributed by atoms with E-state index in [9.17, 15) is 0 Å². The molecule has 2 aromatic carbocycles. The first kappa shape index (κ1) is 22.3. The van der Waals surface area contributed by atoms with Crippen LogP contribution in [-0.2, 0) is 6.54 Å². The Hall–Kier alpha value is -1.92. The van der Waals surface area contributed by atoms with Gasteiger partial charge in [0.15, 0.2) is 0 Å². The quantitative estimate of drug-likeness (QED) is 0.438. The molecule has 166 valence electrons. The van der Waals surface area contributed by atoms with Crippen LogP contribution in [0.5, 0.6) is 5.75 Å². The Morgan fingerprint density at radius 3 is 2.74 bits per heavy atom. The van der Waals surface area contributed by atoms with Crippen LogP contribution in [0.25, 0.3) is 20.5 Å². The van der Waals surface area contributed by atoms with Gasteiger partial charge in [0.2, 0.25) is 0 Å². The number of rotatable bonds is 10. The van der Waals surface area contributed by atoms with Gasteiger partial charge in [-0.3, -0.25) is 0 Å². The van der Waals surface area contributed by atoms with Gasteiger partial charge < -0.3 is 20.3 Å². The first-order valence-electron chi connectivity index (χ1n) is 11.5. The molecule has 1 aromatic heterocycles. The van der Waals surface area contributed by atoms with Gasteiger partial charge in [-0.2, -0.15) is 0 Å². The minimum Gasteiger partial charge on any atom is -0.493 e. The minimum absolute atomic E-state index is 0.752. The van der Waals surface area contributed by atoms with Crippen molar-refractivity contribution in [2.75, 3.05) is 46.9 Å². The number of ether oxygens (including phenoxy) is 1. The standard InChI is InChI=1S/C26H35N3OS/c1-29(2)14-5-15-30-24-9-8-22(26-17-21-6-3-4-7-25(21)31-26)16-23(24)19-28-18-20-10-12-27-13-11-20/h3-4,6-9,16-17,20,27-28H,5,10-15,18-19H2,1-2H3. The fraction of sp³-hybridized carbons (Fsp3) is 0.462. The van der Waals surface area contributed by atoms with Crippen LogP contribution in [0.3, 0.4) is 0 Å². The average molecular weight is 438 g/mol. The van der Waals surface area contributed by atoms with Crippen molar-refractivity contribution >= 4 is 21.4 Å². The highest BCUT2D eigenvalue weighted by Crippen LogP contribution is 2.35. The molecule has 5 heteroatoms. The molecular weight excluding hydrogens is 402 g/mol. The van der Waals surface area contributed by atoms with Gasteiger partial charge in [-0.15, -0.1) is 11.3 Å². The lowest BCUT2D eigenvalue weighted by atomic mass is 9.98. The van der Waals surface area contributed by atoms with Gasteiger partial charge in [0.25, 0.3) is 0 Å². The number of nitrogens with zero attached hydrogens (tertiary/aromatic N) is 1. The van der Waals surface area contributed by atoms with Gasteiger partial charge >= 0.3 is 0 Å². The zero-order chi connectivity index (χ0) is 21.5. The fourth-order valence-electron chi connectivity index (χ4n) is 4.20. The second-order valence-corrected chi connectivity index (χ2v) is 9.88. The van der Waals surface area contributed by atoms with E-state index in [1.165, 1.54) is 38.9 Å². The predicted molar refractivity (Wildman–Crippen MR) is 133 cm³/mol. The molecule has 2 heterocycles. The molecule has 0 amide bonds. The first-order valence-corrected chi connectivity index (χ1v) is 12.3. The molecule has 2 N–H and O–H groups in total. The van der Waals surface area contributed by atoms with E-state index in [0.29, 0.717) is 0 Å². The predicted octanol–water partition coefficient (Wildman–Crippen LogP) is 4.99. The maximum atomic E-state index is 6.21.